The van der Waals surface area contributed by atoms with Gasteiger partial charge in [-0.3, -0.25) is 0 Å². The fraction of sp³-hybridized carbons (Fsp3) is 1.00. The van der Waals surface area contributed by atoms with E-state index in [4.69, 9.17) is 14.2 Å². The van der Waals surface area contributed by atoms with Crippen LogP contribution < -0.4 is 5.32 Å². The SMILES string of the molecule is CC.CNC(COC)(COC)COC. The van der Waals surface area contributed by atoms with Crippen LogP contribution in [0.25, 0.3) is 0 Å². The van der Waals surface area contributed by atoms with Gasteiger partial charge in [-0.05, 0) is 7.05 Å². The van der Waals surface area contributed by atoms with Crippen LogP contribution in [-0.4, -0.2) is 53.7 Å². The molecule has 0 aromatic rings. The number of nitrogens with one attached hydrogen (secondary N) is 1. The minimum atomic E-state index is -0.224. The molecule has 0 fully saturated rings. The summed E-state index contributed by atoms with van der Waals surface area (Å²) in [5.74, 6) is 0. The summed E-state index contributed by atoms with van der Waals surface area (Å²) in [5.41, 5.74) is -0.224. The molecule has 0 radical (unpaired) electrons. The van der Waals surface area contributed by atoms with E-state index in [0.717, 1.165) is 0 Å². The Kier molecular flexibility index (Phi) is 12.7. The molecule has 0 amide bonds. The number of hydrogen-bond acceptors (Lipinski definition) is 4. The van der Waals surface area contributed by atoms with E-state index in [1.807, 2.05) is 20.9 Å². The molecule has 0 aliphatic heterocycles. The van der Waals surface area contributed by atoms with Gasteiger partial charge in [0.1, 0.15) is 0 Å². The third-order valence-corrected chi connectivity index (χ3v) is 1.79. The van der Waals surface area contributed by atoms with Gasteiger partial charge in [0, 0.05) is 21.3 Å². The van der Waals surface area contributed by atoms with Crippen LogP contribution in [0.2, 0.25) is 0 Å². The van der Waals surface area contributed by atoms with Crippen LogP contribution in [0.3, 0.4) is 0 Å². The van der Waals surface area contributed by atoms with E-state index in [1.165, 1.54) is 0 Å². The van der Waals surface area contributed by atoms with Crippen molar-refractivity contribution in [1.82, 2.24) is 5.32 Å². The monoisotopic (exact) mass is 207 g/mol. The van der Waals surface area contributed by atoms with E-state index in [-0.39, 0.29) is 5.54 Å². The molecule has 0 aliphatic carbocycles. The Hall–Kier alpha value is -0.160. The second kappa shape index (κ2) is 10.9. The maximum atomic E-state index is 5.08. The van der Waals surface area contributed by atoms with Gasteiger partial charge in [0.25, 0.3) is 0 Å². The fourth-order valence-electron chi connectivity index (χ4n) is 1.17. The second-order valence-electron chi connectivity index (χ2n) is 2.83. The lowest BCUT2D eigenvalue weighted by atomic mass is 10.0. The first-order valence-electron chi connectivity index (χ1n) is 4.90. The molecule has 0 atom stereocenters. The van der Waals surface area contributed by atoms with Gasteiger partial charge in [0.05, 0.1) is 25.4 Å². The Morgan fingerprint density at radius 1 is 0.857 bits per heavy atom. The number of ether oxygens (including phenoxy) is 3. The predicted molar refractivity (Wildman–Crippen MR) is 58.8 cm³/mol. The van der Waals surface area contributed by atoms with Gasteiger partial charge in [-0.15, -0.1) is 0 Å². The Bertz CT molecular complexity index is 92.5. The van der Waals surface area contributed by atoms with Crippen LogP contribution in [0.4, 0.5) is 0 Å². The molecule has 0 rings (SSSR count). The van der Waals surface area contributed by atoms with Crippen molar-refractivity contribution < 1.29 is 14.2 Å². The van der Waals surface area contributed by atoms with E-state index in [2.05, 4.69) is 5.32 Å². The van der Waals surface area contributed by atoms with E-state index < -0.39 is 0 Å². The highest BCUT2D eigenvalue weighted by Gasteiger charge is 2.28. The second-order valence-corrected chi connectivity index (χ2v) is 2.83. The van der Waals surface area contributed by atoms with E-state index in [0.29, 0.717) is 19.8 Å². The van der Waals surface area contributed by atoms with Gasteiger partial charge in [0.2, 0.25) is 0 Å². The Morgan fingerprint density at radius 3 is 1.29 bits per heavy atom. The summed E-state index contributed by atoms with van der Waals surface area (Å²) in [6.07, 6.45) is 0. The van der Waals surface area contributed by atoms with Gasteiger partial charge >= 0.3 is 0 Å². The molecule has 0 spiro atoms. The average molecular weight is 207 g/mol. The lowest BCUT2D eigenvalue weighted by Gasteiger charge is -2.31. The third-order valence-electron chi connectivity index (χ3n) is 1.79. The van der Waals surface area contributed by atoms with Crippen molar-refractivity contribution in [2.45, 2.75) is 19.4 Å². The Balaban J connectivity index is 0. The topological polar surface area (TPSA) is 39.7 Å². The van der Waals surface area contributed by atoms with Crippen molar-refractivity contribution in [3.8, 4) is 0 Å². The quantitative estimate of drug-likeness (QED) is 0.673. The predicted octanol–water partition coefficient (Wildman–Crippen LogP) is 0.910. The molecular formula is C10H25NO3. The molecule has 0 saturated carbocycles. The Morgan fingerprint density at radius 2 is 1.14 bits per heavy atom. The van der Waals surface area contributed by atoms with Crippen LogP contribution >= 0.6 is 0 Å². The molecule has 0 aliphatic rings. The number of methoxy groups -OCH3 is 3. The summed E-state index contributed by atoms with van der Waals surface area (Å²) in [5, 5.41) is 3.14. The molecule has 0 aromatic heterocycles. The van der Waals surface area contributed by atoms with Crippen LogP contribution in [0.1, 0.15) is 13.8 Å². The maximum absolute atomic E-state index is 5.08. The molecule has 4 nitrogen and oxygen atoms in total. The molecule has 0 bridgehead atoms. The summed E-state index contributed by atoms with van der Waals surface area (Å²) in [7, 11) is 6.86. The van der Waals surface area contributed by atoms with Crippen molar-refractivity contribution in [2.75, 3.05) is 48.2 Å². The average Bonchev–Trinajstić information content (AvgIpc) is 2.22. The summed E-state index contributed by atoms with van der Waals surface area (Å²) >= 11 is 0. The standard InChI is InChI=1S/C8H19NO3.C2H6/c1-9-8(5-10-2,6-11-3)7-12-4;1-2/h9H,5-7H2,1-4H3;1-2H3. The highest BCUT2D eigenvalue weighted by Crippen LogP contribution is 2.05. The van der Waals surface area contributed by atoms with Crippen LogP contribution in [-0.2, 0) is 14.2 Å². The first-order valence-corrected chi connectivity index (χ1v) is 4.90. The van der Waals surface area contributed by atoms with Crippen molar-refractivity contribution in [1.29, 1.82) is 0 Å². The van der Waals surface area contributed by atoms with Gasteiger partial charge in [-0.25, -0.2) is 0 Å². The zero-order chi connectivity index (χ0) is 11.4. The molecule has 0 aromatic carbocycles. The fourth-order valence-corrected chi connectivity index (χ4v) is 1.17. The summed E-state index contributed by atoms with van der Waals surface area (Å²) in [6.45, 7) is 5.72. The van der Waals surface area contributed by atoms with Gasteiger partial charge in [0.15, 0.2) is 0 Å². The lowest BCUT2D eigenvalue weighted by molar-refractivity contribution is -0.00145. The number of rotatable bonds is 7. The zero-order valence-electron chi connectivity index (χ0n) is 10.3. The minimum Gasteiger partial charge on any atom is -0.383 e. The molecule has 4 heteroatoms. The zero-order valence-corrected chi connectivity index (χ0v) is 10.3. The molecule has 0 heterocycles. The lowest BCUT2D eigenvalue weighted by Crippen LogP contribution is -2.54. The Labute approximate surface area is 87.9 Å². The maximum Gasteiger partial charge on any atom is 0.0887 e. The summed E-state index contributed by atoms with van der Waals surface area (Å²) in [6, 6.07) is 0. The third kappa shape index (κ3) is 6.32. The van der Waals surface area contributed by atoms with Crippen LogP contribution in [0.5, 0.6) is 0 Å². The minimum absolute atomic E-state index is 0.224. The highest BCUT2D eigenvalue weighted by molar-refractivity contribution is 4.86. The van der Waals surface area contributed by atoms with Gasteiger partial charge in [-0.1, -0.05) is 13.8 Å². The van der Waals surface area contributed by atoms with Crippen LogP contribution in [0.15, 0.2) is 0 Å². The molecule has 14 heavy (non-hydrogen) atoms. The van der Waals surface area contributed by atoms with Crippen molar-refractivity contribution >= 4 is 0 Å². The van der Waals surface area contributed by atoms with Crippen molar-refractivity contribution in [3.05, 3.63) is 0 Å². The smallest absolute Gasteiger partial charge is 0.0887 e. The van der Waals surface area contributed by atoms with E-state index >= 15 is 0 Å². The van der Waals surface area contributed by atoms with Crippen molar-refractivity contribution in [3.63, 3.8) is 0 Å². The summed E-state index contributed by atoms with van der Waals surface area (Å²) in [4.78, 5) is 0. The molecule has 88 valence electrons. The van der Waals surface area contributed by atoms with Crippen molar-refractivity contribution in [2.24, 2.45) is 0 Å². The molecular weight excluding hydrogens is 182 g/mol. The van der Waals surface area contributed by atoms with E-state index in [1.54, 1.807) is 21.3 Å². The molecule has 0 saturated heterocycles. The number of hydrogen-bond donors (Lipinski definition) is 1. The molecule has 1 N–H and O–H groups in total. The van der Waals surface area contributed by atoms with Crippen LogP contribution in [0, 0.1) is 0 Å². The van der Waals surface area contributed by atoms with Gasteiger partial charge in [-0.2, -0.15) is 0 Å². The normalized spacial score (nSPS) is 10.7. The van der Waals surface area contributed by atoms with Gasteiger partial charge < -0.3 is 19.5 Å². The largest absolute Gasteiger partial charge is 0.383 e. The molecule has 0 unspecified atom stereocenters. The first-order chi connectivity index (χ1) is 6.74. The summed E-state index contributed by atoms with van der Waals surface area (Å²) < 4.78 is 15.2. The van der Waals surface area contributed by atoms with E-state index in [9.17, 15) is 0 Å². The number of likely N-dealkylation sites (N-methyl/N-ethyl adjacent to an activating group) is 1. The highest BCUT2D eigenvalue weighted by atomic mass is 16.5. The first kappa shape index (κ1) is 16.3.